The normalized spacial score (nSPS) is 11.4. The van der Waals surface area contributed by atoms with Crippen molar-refractivity contribution in [3.05, 3.63) is 71.3 Å². The van der Waals surface area contributed by atoms with Crippen molar-refractivity contribution in [2.75, 3.05) is 26.7 Å². The molecule has 0 bridgehead atoms. The quantitative estimate of drug-likeness (QED) is 0.212. The number of hydrogen-bond acceptors (Lipinski definition) is 2. The number of guanidine groups is 1. The second-order valence-electron chi connectivity index (χ2n) is 7.40. The van der Waals surface area contributed by atoms with Crippen LogP contribution in [-0.4, -0.2) is 38.5 Å². The van der Waals surface area contributed by atoms with Gasteiger partial charge in [0.15, 0.2) is 5.96 Å². The molecule has 0 unspecified atom stereocenters. The van der Waals surface area contributed by atoms with Crippen LogP contribution in [0.4, 0.5) is 8.78 Å². The summed E-state index contributed by atoms with van der Waals surface area (Å²) in [4.78, 5) is 16.1. The van der Waals surface area contributed by atoms with Crippen molar-refractivity contribution >= 4 is 35.8 Å². The maximum absolute atomic E-state index is 13.5. The van der Waals surface area contributed by atoms with Gasteiger partial charge in [0, 0.05) is 32.1 Å². The van der Waals surface area contributed by atoms with Crippen LogP contribution in [0.3, 0.4) is 0 Å². The van der Waals surface area contributed by atoms with E-state index in [-0.39, 0.29) is 53.4 Å². The Balaban J connectivity index is 0.00000450. The van der Waals surface area contributed by atoms with Gasteiger partial charge in [0.2, 0.25) is 5.91 Å². The summed E-state index contributed by atoms with van der Waals surface area (Å²) in [7, 11) is 1.66. The Morgan fingerprint density at radius 2 is 1.63 bits per heavy atom. The van der Waals surface area contributed by atoms with E-state index < -0.39 is 0 Å². The largest absolute Gasteiger partial charge is 0.356 e. The van der Waals surface area contributed by atoms with Crippen LogP contribution in [0, 0.1) is 11.6 Å². The van der Waals surface area contributed by atoms with E-state index in [9.17, 15) is 13.6 Å². The zero-order valence-electron chi connectivity index (χ0n) is 17.5. The Labute approximate surface area is 193 Å². The Morgan fingerprint density at radius 1 is 0.967 bits per heavy atom. The molecular formula is C22H29F2IN4O. The Kier molecular flexibility index (Phi) is 10.7. The average molecular weight is 530 g/mol. The molecule has 2 aromatic rings. The summed E-state index contributed by atoms with van der Waals surface area (Å²) < 4.78 is 26.4. The van der Waals surface area contributed by atoms with Gasteiger partial charge in [0.25, 0.3) is 0 Å². The molecule has 0 aliphatic rings. The number of halogens is 3. The fourth-order valence-corrected chi connectivity index (χ4v) is 2.77. The van der Waals surface area contributed by atoms with Crippen LogP contribution in [0.1, 0.15) is 25.0 Å². The van der Waals surface area contributed by atoms with Crippen molar-refractivity contribution in [2.45, 2.75) is 25.7 Å². The average Bonchev–Trinajstić information content (AvgIpc) is 2.69. The van der Waals surface area contributed by atoms with Gasteiger partial charge in [0.05, 0.1) is 6.42 Å². The van der Waals surface area contributed by atoms with Gasteiger partial charge >= 0.3 is 0 Å². The second kappa shape index (κ2) is 12.5. The van der Waals surface area contributed by atoms with E-state index in [2.05, 4.69) is 20.9 Å². The summed E-state index contributed by atoms with van der Waals surface area (Å²) in [5.74, 6) is -0.108. The number of carbonyl (C=O) groups is 1. The Hall–Kier alpha value is -2.23. The maximum atomic E-state index is 13.5. The van der Waals surface area contributed by atoms with Crippen molar-refractivity contribution in [3.63, 3.8) is 0 Å². The van der Waals surface area contributed by atoms with E-state index in [0.29, 0.717) is 25.6 Å². The number of rotatable bonds is 8. The second-order valence-corrected chi connectivity index (χ2v) is 7.40. The van der Waals surface area contributed by atoms with Gasteiger partial charge in [-0.15, -0.1) is 24.0 Å². The van der Waals surface area contributed by atoms with Crippen LogP contribution < -0.4 is 16.0 Å². The number of nitrogens with one attached hydrogen (secondary N) is 3. The summed E-state index contributed by atoms with van der Waals surface area (Å²) >= 11 is 0. The van der Waals surface area contributed by atoms with Gasteiger partial charge in [-0.05, 0) is 35.4 Å². The van der Waals surface area contributed by atoms with Crippen molar-refractivity contribution in [1.29, 1.82) is 0 Å². The third-order valence-electron chi connectivity index (χ3n) is 4.55. The molecule has 0 aliphatic carbocycles. The summed E-state index contributed by atoms with van der Waals surface area (Å²) in [6.45, 7) is 5.53. The predicted octanol–water partition coefficient (Wildman–Crippen LogP) is 3.38. The molecule has 0 heterocycles. The SMILES string of the molecule is CN=C(NCCNC(=O)Cc1ccc(F)cc1)NCC(C)(C)c1cccc(F)c1.I. The number of nitrogens with zero attached hydrogens (tertiary/aromatic N) is 1. The van der Waals surface area contributed by atoms with Crippen LogP contribution in [-0.2, 0) is 16.6 Å². The summed E-state index contributed by atoms with van der Waals surface area (Å²) in [5, 5.41) is 9.17. The summed E-state index contributed by atoms with van der Waals surface area (Å²) in [6.07, 6.45) is 0.203. The molecule has 0 aromatic heterocycles. The van der Waals surface area contributed by atoms with Crippen LogP contribution in [0.25, 0.3) is 0 Å². The molecule has 0 saturated carbocycles. The molecule has 2 rings (SSSR count). The van der Waals surface area contributed by atoms with E-state index in [1.807, 2.05) is 19.9 Å². The summed E-state index contributed by atoms with van der Waals surface area (Å²) in [6, 6.07) is 12.4. The van der Waals surface area contributed by atoms with Gasteiger partial charge < -0.3 is 16.0 Å². The predicted molar refractivity (Wildman–Crippen MR) is 127 cm³/mol. The fraction of sp³-hybridized carbons (Fsp3) is 0.364. The Morgan fingerprint density at radius 3 is 2.27 bits per heavy atom. The van der Waals surface area contributed by atoms with Gasteiger partial charge in [0.1, 0.15) is 11.6 Å². The lowest BCUT2D eigenvalue weighted by Gasteiger charge is -2.27. The maximum Gasteiger partial charge on any atom is 0.224 e. The first-order valence-electron chi connectivity index (χ1n) is 9.52. The van der Waals surface area contributed by atoms with Crippen LogP contribution in [0.5, 0.6) is 0 Å². The van der Waals surface area contributed by atoms with Crippen LogP contribution in [0.2, 0.25) is 0 Å². The number of benzene rings is 2. The highest BCUT2D eigenvalue weighted by Crippen LogP contribution is 2.22. The molecule has 30 heavy (non-hydrogen) atoms. The van der Waals surface area contributed by atoms with E-state index in [0.717, 1.165) is 11.1 Å². The molecule has 5 nitrogen and oxygen atoms in total. The fourth-order valence-electron chi connectivity index (χ4n) is 2.77. The molecule has 2 aromatic carbocycles. The van der Waals surface area contributed by atoms with Gasteiger partial charge in [-0.25, -0.2) is 8.78 Å². The first kappa shape index (κ1) is 25.8. The van der Waals surface area contributed by atoms with Crippen molar-refractivity contribution in [1.82, 2.24) is 16.0 Å². The lowest BCUT2D eigenvalue weighted by Crippen LogP contribution is -2.45. The number of aliphatic imine (C=N–C) groups is 1. The third-order valence-corrected chi connectivity index (χ3v) is 4.55. The molecule has 0 saturated heterocycles. The van der Waals surface area contributed by atoms with E-state index in [1.165, 1.54) is 24.3 Å². The van der Waals surface area contributed by atoms with Crippen molar-refractivity contribution in [2.24, 2.45) is 4.99 Å². The minimum atomic E-state index is -0.321. The summed E-state index contributed by atoms with van der Waals surface area (Å²) in [5.41, 5.74) is 1.37. The van der Waals surface area contributed by atoms with Gasteiger partial charge in [-0.1, -0.05) is 38.1 Å². The lowest BCUT2D eigenvalue weighted by molar-refractivity contribution is -0.120. The number of amides is 1. The molecule has 0 atom stereocenters. The van der Waals surface area contributed by atoms with Gasteiger partial charge in [-0.3, -0.25) is 9.79 Å². The number of carbonyl (C=O) groups excluding carboxylic acids is 1. The monoisotopic (exact) mass is 530 g/mol. The first-order chi connectivity index (χ1) is 13.8. The highest BCUT2D eigenvalue weighted by Gasteiger charge is 2.21. The van der Waals surface area contributed by atoms with E-state index in [4.69, 9.17) is 0 Å². The zero-order valence-corrected chi connectivity index (χ0v) is 19.8. The van der Waals surface area contributed by atoms with Crippen LogP contribution in [0.15, 0.2) is 53.5 Å². The molecule has 0 fully saturated rings. The first-order valence-corrected chi connectivity index (χ1v) is 9.52. The smallest absolute Gasteiger partial charge is 0.224 e. The van der Waals surface area contributed by atoms with E-state index in [1.54, 1.807) is 25.2 Å². The van der Waals surface area contributed by atoms with Crippen molar-refractivity contribution in [3.8, 4) is 0 Å². The molecule has 0 aliphatic heterocycles. The van der Waals surface area contributed by atoms with Crippen molar-refractivity contribution < 1.29 is 13.6 Å². The lowest BCUT2D eigenvalue weighted by atomic mass is 9.84. The Bertz CT molecular complexity index is 841. The van der Waals surface area contributed by atoms with E-state index >= 15 is 0 Å². The highest BCUT2D eigenvalue weighted by atomic mass is 127. The molecule has 1 amide bonds. The molecule has 0 radical (unpaired) electrons. The standard InChI is InChI=1S/C22H28F2N4O.HI/c1-22(2,17-5-4-6-19(24)14-17)15-28-21(25-3)27-12-11-26-20(29)13-16-7-9-18(23)10-8-16;/h4-10,14H,11-13,15H2,1-3H3,(H,26,29)(H2,25,27,28);1H. The zero-order chi connectivity index (χ0) is 21.3. The minimum absolute atomic E-state index is 0. The topological polar surface area (TPSA) is 65.5 Å². The molecule has 3 N–H and O–H groups in total. The molecule has 8 heteroatoms. The number of hydrogen-bond donors (Lipinski definition) is 3. The highest BCUT2D eigenvalue weighted by molar-refractivity contribution is 14.0. The molecule has 164 valence electrons. The third kappa shape index (κ3) is 8.64. The van der Waals surface area contributed by atoms with Gasteiger partial charge in [-0.2, -0.15) is 0 Å². The molecular weight excluding hydrogens is 501 g/mol. The minimum Gasteiger partial charge on any atom is -0.356 e. The van der Waals surface area contributed by atoms with Crippen LogP contribution >= 0.6 is 24.0 Å². The molecule has 0 spiro atoms.